The maximum Gasteiger partial charge on any atom is 0.252 e. The van der Waals surface area contributed by atoms with Crippen LogP contribution in [0.25, 0.3) is 10.9 Å². The van der Waals surface area contributed by atoms with Crippen LogP contribution in [0.1, 0.15) is 35.8 Å². The van der Waals surface area contributed by atoms with Gasteiger partial charge in [0.1, 0.15) is 0 Å². The van der Waals surface area contributed by atoms with E-state index in [0.29, 0.717) is 25.3 Å². The Morgan fingerprint density at radius 1 is 1.31 bits per heavy atom. The summed E-state index contributed by atoms with van der Waals surface area (Å²) in [4.78, 5) is 19.5. The largest absolute Gasteiger partial charge is 0.390 e. The number of aliphatic hydroxyl groups is 1. The molecule has 6 heteroatoms. The van der Waals surface area contributed by atoms with Crippen molar-refractivity contribution in [2.45, 2.75) is 25.9 Å². The van der Waals surface area contributed by atoms with Crippen molar-refractivity contribution in [3.8, 4) is 0 Å². The molecule has 1 aromatic carbocycles. The number of hydrogen-bond donors (Lipinski definition) is 2. The molecule has 0 radical (unpaired) electrons. The maximum absolute atomic E-state index is 12.7. The van der Waals surface area contributed by atoms with E-state index in [-0.39, 0.29) is 18.4 Å². The Labute approximate surface area is 154 Å². The number of hydrogen-bond acceptors (Lipinski definition) is 5. The molecule has 1 saturated heterocycles. The average molecular weight is 357 g/mol. The van der Waals surface area contributed by atoms with Crippen LogP contribution in [0.3, 0.4) is 0 Å². The van der Waals surface area contributed by atoms with Crippen LogP contribution in [-0.4, -0.2) is 66.4 Å². The lowest BCUT2D eigenvalue weighted by atomic mass is 10.0. The minimum Gasteiger partial charge on any atom is -0.390 e. The molecule has 0 saturated carbocycles. The van der Waals surface area contributed by atoms with E-state index in [1.165, 1.54) is 0 Å². The molecule has 2 aromatic rings. The molecule has 1 aliphatic heterocycles. The highest BCUT2D eigenvalue weighted by Crippen LogP contribution is 2.22. The van der Waals surface area contributed by atoms with Crippen LogP contribution in [0.15, 0.2) is 30.3 Å². The summed E-state index contributed by atoms with van der Waals surface area (Å²) in [5, 5.41) is 13.9. The van der Waals surface area contributed by atoms with Crippen LogP contribution < -0.4 is 5.32 Å². The summed E-state index contributed by atoms with van der Waals surface area (Å²) in [6.45, 7) is 7.91. The van der Waals surface area contributed by atoms with E-state index in [0.717, 1.165) is 29.7 Å². The molecule has 26 heavy (non-hydrogen) atoms. The van der Waals surface area contributed by atoms with Crippen molar-refractivity contribution in [2.75, 3.05) is 39.4 Å². The Morgan fingerprint density at radius 3 is 2.77 bits per heavy atom. The first-order chi connectivity index (χ1) is 12.5. The number of para-hydroxylation sites is 1. The number of nitrogens with zero attached hydrogens (tertiary/aromatic N) is 2. The number of carbonyl (C=O) groups is 1. The molecule has 0 unspecified atom stereocenters. The van der Waals surface area contributed by atoms with Gasteiger partial charge in [-0.05, 0) is 18.1 Å². The number of ether oxygens (including phenoxy) is 1. The Bertz CT molecular complexity index is 757. The van der Waals surface area contributed by atoms with Crippen LogP contribution in [0.4, 0.5) is 0 Å². The SMILES string of the molecule is CC(C)c1cc(C(=O)NC[C@@H](O)CN2CCOCC2)c2ccccc2n1. The zero-order valence-corrected chi connectivity index (χ0v) is 15.4. The van der Waals surface area contributed by atoms with Gasteiger partial charge in [0.25, 0.3) is 5.91 Å². The number of amides is 1. The third-order valence-electron chi connectivity index (χ3n) is 4.64. The van der Waals surface area contributed by atoms with E-state index >= 15 is 0 Å². The van der Waals surface area contributed by atoms with Gasteiger partial charge in [0.15, 0.2) is 0 Å². The van der Waals surface area contributed by atoms with Crippen molar-refractivity contribution in [1.29, 1.82) is 0 Å². The minimum absolute atomic E-state index is 0.175. The number of carbonyl (C=O) groups excluding carboxylic acids is 1. The lowest BCUT2D eigenvalue weighted by molar-refractivity contribution is 0.0149. The van der Waals surface area contributed by atoms with Crippen LogP contribution in [0.2, 0.25) is 0 Å². The van der Waals surface area contributed by atoms with E-state index < -0.39 is 6.10 Å². The van der Waals surface area contributed by atoms with Crippen LogP contribution in [0.5, 0.6) is 0 Å². The number of aliphatic hydroxyl groups excluding tert-OH is 1. The van der Waals surface area contributed by atoms with Gasteiger partial charge in [-0.3, -0.25) is 14.7 Å². The molecule has 1 aliphatic rings. The van der Waals surface area contributed by atoms with Gasteiger partial charge in [0, 0.05) is 37.3 Å². The summed E-state index contributed by atoms with van der Waals surface area (Å²) in [7, 11) is 0. The topological polar surface area (TPSA) is 74.7 Å². The second kappa shape index (κ2) is 8.58. The van der Waals surface area contributed by atoms with Crippen molar-refractivity contribution >= 4 is 16.8 Å². The molecule has 0 spiro atoms. The summed E-state index contributed by atoms with van der Waals surface area (Å²) in [6.07, 6.45) is -0.602. The summed E-state index contributed by atoms with van der Waals surface area (Å²) >= 11 is 0. The molecule has 0 aliphatic carbocycles. The Balaban J connectivity index is 1.68. The van der Waals surface area contributed by atoms with Gasteiger partial charge in [0.2, 0.25) is 0 Å². The number of benzene rings is 1. The number of morpholine rings is 1. The zero-order chi connectivity index (χ0) is 18.5. The lowest BCUT2D eigenvalue weighted by Crippen LogP contribution is -2.44. The summed E-state index contributed by atoms with van der Waals surface area (Å²) < 4.78 is 5.31. The predicted octanol–water partition coefficient (Wildman–Crippen LogP) is 1.78. The number of pyridine rings is 1. The zero-order valence-electron chi connectivity index (χ0n) is 15.4. The van der Waals surface area contributed by atoms with Crippen molar-refractivity contribution in [3.63, 3.8) is 0 Å². The Morgan fingerprint density at radius 2 is 2.04 bits per heavy atom. The summed E-state index contributed by atoms with van der Waals surface area (Å²) in [5.41, 5.74) is 2.32. The highest BCUT2D eigenvalue weighted by molar-refractivity contribution is 6.06. The highest BCUT2D eigenvalue weighted by Gasteiger charge is 2.18. The lowest BCUT2D eigenvalue weighted by Gasteiger charge is -2.28. The number of aromatic nitrogens is 1. The first-order valence-corrected chi connectivity index (χ1v) is 9.20. The van der Waals surface area contributed by atoms with Gasteiger partial charge in [0.05, 0.1) is 30.4 Å². The quantitative estimate of drug-likeness (QED) is 0.824. The Kier molecular flexibility index (Phi) is 6.19. The minimum atomic E-state index is -0.602. The monoisotopic (exact) mass is 357 g/mol. The third-order valence-corrected chi connectivity index (χ3v) is 4.64. The van der Waals surface area contributed by atoms with Crippen molar-refractivity contribution in [2.24, 2.45) is 0 Å². The van der Waals surface area contributed by atoms with E-state index in [1.54, 1.807) is 0 Å². The van der Waals surface area contributed by atoms with E-state index in [9.17, 15) is 9.90 Å². The van der Waals surface area contributed by atoms with Gasteiger partial charge in [-0.25, -0.2) is 0 Å². The number of nitrogens with one attached hydrogen (secondary N) is 1. The van der Waals surface area contributed by atoms with Gasteiger partial charge in [-0.2, -0.15) is 0 Å². The van der Waals surface area contributed by atoms with Crippen LogP contribution >= 0.6 is 0 Å². The number of rotatable bonds is 6. The number of fused-ring (bicyclic) bond motifs is 1. The molecular weight excluding hydrogens is 330 g/mol. The summed E-state index contributed by atoms with van der Waals surface area (Å²) in [6, 6.07) is 9.52. The van der Waals surface area contributed by atoms with Gasteiger partial charge in [-0.1, -0.05) is 32.0 Å². The standard InChI is InChI=1S/C20H27N3O3/c1-14(2)19-11-17(16-5-3-4-6-18(16)22-19)20(25)21-12-15(24)13-23-7-9-26-10-8-23/h3-6,11,14-15,24H,7-10,12-13H2,1-2H3,(H,21,25)/t15-/m1/s1. The van der Waals surface area contributed by atoms with E-state index in [2.05, 4.69) is 29.0 Å². The fraction of sp³-hybridized carbons (Fsp3) is 0.500. The molecule has 2 N–H and O–H groups in total. The highest BCUT2D eigenvalue weighted by atomic mass is 16.5. The van der Waals surface area contributed by atoms with Crippen molar-refractivity contribution in [3.05, 3.63) is 41.6 Å². The fourth-order valence-electron chi connectivity index (χ4n) is 3.13. The Hall–Kier alpha value is -2.02. The second-order valence-corrected chi connectivity index (χ2v) is 7.04. The number of β-amino-alcohol motifs (C(OH)–C–C–N with tert-alkyl or cyclic N) is 1. The van der Waals surface area contributed by atoms with Gasteiger partial charge >= 0.3 is 0 Å². The summed E-state index contributed by atoms with van der Waals surface area (Å²) in [5.74, 6) is 0.0598. The van der Waals surface area contributed by atoms with Gasteiger partial charge in [-0.15, -0.1) is 0 Å². The van der Waals surface area contributed by atoms with Gasteiger partial charge < -0.3 is 15.2 Å². The van der Waals surface area contributed by atoms with E-state index in [1.807, 2.05) is 30.3 Å². The van der Waals surface area contributed by atoms with Crippen molar-refractivity contribution in [1.82, 2.24) is 15.2 Å². The second-order valence-electron chi connectivity index (χ2n) is 7.04. The maximum atomic E-state index is 12.7. The normalized spacial score (nSPS) is 16.8. The molecule has 1 aromatic heterocycles. The smallest absolute Gasteiger partial charge is 0.252 e. The molecule has 0 bridgehead atoms. The van der Waals surface area contributed by atoms with Crippen LogP contribution in [0, 0.1) is 0 Å². The molecule has 2 heterocycles. The van der Waals surface area contributed by atoms with E-state index in [4.69, 9.17) is 4.74 Å². The van der Waals surface area contributed by atoms with Crippen LogP contribution in [-0.2, 0) is 4.74 Å². The molecule has 6 nitrogen and oxygen atoms in total. The molecule has 140 valence electrons. The average Bonchev–Trinajstić information content (AvgIpc) is 2.66. The van der Waals surface area contributed by atoms with Crippen molar-refractivity contribution < 1.29 is 14.6 Å². The molecular formula is C20H27N3O3. The fourth-order valence-corrected chi connectivity index (χ4v) is 3.13. The first kappa shape index (κ1) is 18.8. The molecule has 1 fully saturated rings. The molecule has 1 atom stereocenters. The third kappa shape index (κ3) is 4.58. The molecule has 1 amide bonds. The molecule has 3 rings (SSSR count). The predicted molar refractivity (Wildman–Crippen MR) is 101 cm³/mol. The first-order valence-electron chi connectivity index (χ1n) is 9.20.